The van der Waals surface area contributed by atoms with Gasteiger partial charge in [0.05, 0.1) is 7.11 Å². The smallest absolute Gasteiger partial charge is 0.323 e. The summed E-state index contributed by atoms with van der Waals surface area (Å²) in [6.07, 6.45) is 1.93. The van der Waals surface area contributed by atoms with Crippen LogP contribution < -0.4 is 5.73 Å². The summed E-state index contributed by atoms with van der Waals surface area (Å²) in [4.78, 5) is 14.7. The Morgan fingerprint density at radius 3 is 2.44 bits per heavy atom. The zero-order valence-corrected chi connectivity index (χ0v) is 10.5. The number of H-pyrrole nitrogens is 1. The summed E-state index contributed by atoms with van der Waals surface area (Å²) in [6.45, 7) is 7.90. The highest BCUT2D eigenvalue weighted by Crippen LogP contribution is 2.31. The number of ether oxygens (including phenoxy) is 1. The number of rotatable bonds is 3. The van der Waals surface area contributed by atoms with Crippen molar-refractivity contribution in [3.63, 3.8) is 0 Å². The third-order valence-electron chi connectivity index (χ3n) is 3.15. The minimum Gasteiger partial charge on any atom is -0.468 e. The van der Waals surface area contributed by atoms with Crippen LogP contribution in [0.4, 0.5) is 0 Å². The largest absolute Gasteiger partial charge is 0.468 e. The van der Waals surface area contributed by atoms with Gasteiger partial charge in [-0.2, -0.15) is 0 Å². The fourth-order valence-electron chi connectivity index (χ4n) is 2.23. The molecule has 0 spiro atoms. The Hall–Kier alpha value is -1.29. The number of aryl methyl sites for hydroxylation is 2. The molecule has 0 saturated heterocycles. The first-order chi connectivity index (χ1) is 7.32. The van der Waals surface area contributed by atoms with Gasteiger partial charge in [0.1, 0.15) is 6.04 Å². The summed E-state index contributed by atoms with van der Waals surface area (Å²) < 4.78 is 4.70. The van der Waals surface area contributed by atoms with E-state index in [9.17, 15) is 4.79 Å². The van der Waals surface area contributed by atoms with Crippen molar-refractivity contribution in [2.24, 2.45) is 5.73 Å². The molecule has 0 aliphatic rings. The highest BCUT2D eigenvalue weighted by atomic mass is 16.5. The zero-order valence-electron chi connectivity index (χ0n) is 10.5. The average Bonchev–Trinajstić information content (AvgIpc) is 2.56. The SMILES string of the molecule is COC(=O)C(N)C(C)(C)c1c(C)c[nH]c1C. The molecule has 0 aliphatic heterocycles. The van der Waals surface area contributed by atoms with E-state index in [1.54, 1.807) is 0 Å². The molecule has 3 N–H and O–H groups in total. The van der Waals surface area contributed by atoms with E-state index in [-0.39, 0.29) is 5.97 Å². The van der Waals surface area contributed by atoms with E-state index in [0.717, 1.165) is 16.8 Å². The van der Waals surface area contributed by atoms with Crippen molar-refractivity contribution < 1.29 is 9.53 Å². The molecule has 1 atom stereocenters. The molecule has 1 unspecified atom stereocenters. The van der Waals surface area contributed by atoms with Gasteiger partial charge in [0.25, 0.3) is 0 Å². The van der Waals surface area contributed by atoms with Gasteiger partial charge in [0.15, 0.2) is 0 Å². The Bertz CT molecular complexity index is 374. The summed E-state index contributed by atoms with van der Waals surface area (Å²) in [5, 5.41) is 0. The van der Waals surface area contributed by atoms with Crippen LogP contribution in [0.25, 0.3) is 0 Å². The molecule has 0 bridgehead atoms. The van der Waals surface area contributed by atoms with Gasteiger partial charge in [0.2, 0.25) is 0 Å². The quantitative estimate of drug-likeness (QED) is 0.763. The van der Waals surface area contributed by atoms with Crippen LogP contribution in [0, 0.1) is 13.8 Å². The first-order valence-electron chi connectivity index (χ1n) is 5.30. The maximum atomic E-state index is 11.5. The van der Waals surface area contributed by atoms with Gasteiger partial charge in [-0.15, -0.1) is 0 Å². The minimum absolute atomic E-state index is 0.384. The van der Waals surface area contributed by atoms with E-state index in [1.165, 1.54) is 7.11 Å². The van der Waals surface area contributed by atoms with E-state index in [4.69, 9.17) is 10.5 Å². The van der Waals surface area contributed by atoms with Gasteiger partial charge in [0, 0.05) is 17.3 Å². The van der Waals surface area contributed by atoms with Crippen LogP contribution in [0.15, 0.2) is 6.20 Å². The molecule has 1 aromatic heterocycles. The lowest BCUT2D eigenvalue weighted by molar-refractivity contribution is -0.143. The molecule has 1 aromatic rings. The lowest BCUT2D eigenvalue weighted by Gasteiger charge is -2.30. The first-order valence-corrected chi connectivity index (χ1v) is 5.30. The van der Waals surface area contributed by atoms with E-state index in [0.29, 0.717) is 0 Å². The van der Waals surface area contributed by atoms with Crippen molar-refractivity contribution in [2.45, 2.75) is 39.2 Å². The van der Waals surface area contributed by atoms with Crippen LogP contribution in [-0.2, 0) is 14.9 Å². The van der Waals surface area contributed by atoms with Crippen LogP contribution in [0.2, 0.25) is 0 Å². The maximum absolute atomic E-state index is 11.5. The number of hydrogen-bond donors (Lipinski definition) is 2. The summed E-state index contributed by atoms with van der Waals surface area (Å²) in [6, 6.07) is -0.661. The number of aromatic amines is 1. The van der Waals surface area contributed by atoms with E-state index in [2.05, 4.69) is 4.98 Å². The predicted molar refractivity (Wildman–Crippen MR) is 63.3 cm³/mol. The van der Waals surface area contributed by atoms with Crippen molar-refractivity contribution in [1.82, 2.24) is 4.98 Å². The molecule has 4 nitrogen and oxygen atoms in total. The van der Waals surface area contributed by atoms with Gasteiger partial charge in [-0.25, -0.2) is 0 Å². The number of hydrogen-bond acceptors (Lipinski definition) is 3. The number of nitrogens with one attached hydrogen (secondary N) is 1. The third-order valence-corrected chi connectivity index (χ3v) is 3.15. The highest BCUT2D eigenvalue weighted by molar-refractivity contribution is 5.78. The summed E-state index contributed by atoms with van der Waals surface area (Å²) in [5.74, 6) is -0.384. The zero-order chi connectivity index (χ0) is 12.5. The molecule has 0 radical (unpaired) electrons. The third kappa shape index (κ3) is 1.97. The molecule has 0 aromatic carbocycles. The fourth-order valence-corrected chi connectivity index (χ4v) is 2.23. The van der Waals surface area contributed by atoms with E-state index in [1.807, 2.05) is 33.9 Å². The monoisotopic (exact) mass is 224 g/mol. The van der Waals surface area contributed by atoms with Crippen molar-refractivity contribution in [2.75, 3.05) is 7.11 Å². The molecule has 0 fully saturated rings. The van der Waals surface area contributed by atoms with Crippen LogP contribution in [-0.4, -0.2) is 24.1 Å². The van der Waals surface area contributed by atoms with Crippen LogP contribution in [0.5, 0.6) is 0 Å². The highest BCUT2D eigenvalue weighted by Gasteiger charge is 2.37. The van der Waals surface area contributed by atoms with Crippen LogP contribution in [0.3, 0.4) is 0 Å². The van der Waals surface area contributed by atoms with Crippen LogP contribution >= 0.6 is 0 Å². The van der Waals surface area contributed by atoms with Gasteiger partial charge < -0.3 is 15.5 Å². The number of methoxy groups -OCH3 is 1. The molecule has 1 rings (SSSR count). The molecular weight excluding hydrogens is 204 g/mol. The molecule has 90 valence electrons. The molecule has 0 saturated carbocycles. The molecule has 16 heavy (non-hydrogen) atoms. The molecule has 4 heteroatoms. The summed E-state index contributed by atoms with van der Waals surface area (Å²) in [5.41, 5.74) is 8.75. The molecular formula is C12H20N2O2. The van der Waals surface area contributed by atoms with Crippen molar-refractivity contribution in [1.29, 1.82) is 0 Å². The maximum Gasteiger partial charge on any atom is 0.323 e. The Labute approximate surface area is 96.2 Å². The van der Waals surface area contributed by atoms with Gasteiger partial charge >= 0.3 is 5.97 Å². The Kier molecular flexibility index (Phi) is 3.43. The number of aromatic nitrogens is 1. The van der Waals surface area contributed by atoms with Gasteiger partial charge in [-0.3, -0.25) is 4.79 Å². The molecule has 0 amide bonds. The van der Waals surface area contributed by atoms with Crippen LogP contribution in [0.1, 0.15) is 30.7 Å². The number of esters is 1. The van der Waals surface area contributed by atoms with Gasteiger partial charge in [-0.1, -0.05) is 13.8 Å². The lowest BCUT2D eigenvalue weighted by Crippen LogP contribution is -2.47. The second-order valence-electron chi connectivity index (χ2n) is 4.69. The number of carbonyl (C=O) groups excluding carboxylic acids is 1. The molecule has 0 aliphatic carbocycles. The van der Waals surface area contributed by atoms with Crippen molar-refractivity contribution in [3.05, 3.63) is 23.0 Å². The normalized spacial score (nSPS) is 13.6. The Morgan fingerprint density at radius 2 is 2.06 bits per heavy atom. The van der Waals surface area contributed by atoms with E-state index >= 15 is 0 Å². The second-order valence-corrected chi connectivity index (χ2v) is 4.69. The fraction of sp³-hybridized carbons (Fsp3) is 0.583. The Morgan fingerprint density at radius 1 is 1.50 bits per heavy atom. The standard InChI is InChI=1S/C12H20N2O2/c1-7-6-14-8(2)9(7)12(3,4)10(13)11(15)16-5/h6,10,14H,13H2,1-5H3. The topological polar surface area (TPSA) is 68.1 Å². The predicted octanol–water partition coefficient (Wildman–Crippen LogP) is 1.41. The number of carbonyl (C=O) groups is 1. The summed E-state index contributed by atoms with van der Waals surface area (Å²) >= 11 is 0. The lowest BCUT2D eigenvalue weighted by atomic mass is 9.76. The van der Waals surface area contributed by atoms with Gasteiger partial charge in [-0.05, 0) is 25.0 Å². The minimum atomic E-state index is -0.661. The first kappa shape index (κ1) is 12.8. The average molecular weight is 224 g/mol. The van der Waals surface area contributed by atoms with E-state index < -0.39 is 11.5 Å². The second kappa shape index (κ2) is 4.29. The van der Waals surface area contributed by atoms with Crippen molar-refractivity contribution >= 4 is 5.97 Å². The van der Waals surface area contributed by atoms with Crippen molar-refractivity contribution in [3.8, 4) is 0 Å². The molecule has 1 heterocycles. The Balaban J connectivity index is 3.15. The summed E-state index contributed by atoms with van der Waals surface area (Å²) in [7, 11) is 1.36. The number of nitrogens with two attached hydrogens (primary N) is 1.